The van der Waals surface area contributed by atoms with E-state index < -0.39 is 10.0 Å². The van der Waals surface area contributed by atoms with Gasteiger partial charge in [0.2, 0.25) is 10.0 Å². The van der Waals surface area contributed by atoms with Crippen LogP contribution < -0.4 is 0 Å². The van der Waals surface area contributed by atoms with Crippen molar-refractivity contribution in [3.8, 4) is 0 Å². The standard InChI is InChI=1S/C22H34N2O2S/c1-18-8-12-23(13-9-18)17-19-10-14-24(15-11-19)27(25,26)22-7-6-20-4-2-3-5-21(20)16-22/h6-7,16,18-19H,2-5,8-15,17H2,1H3. The van der Waals surface area contributed by atoms with Crippen molar-refractivity contribution in [2.24, 2.45) is 11.8 Å². The summed E-state index contributed by atoms with van der Waals surface area (Å²) in [5.74, 6) is 1.51. The van der Waals surface area contributed by atoms with Gasteiger partial charge in [-0.25, -0.2) is 8.42 Å². The summed E-state index contributed by atoms with van der Waals surface area (Å²) in [4.78, 5) is 3.10. The fourth-order valence-electron chi connectivity index (χ4n) is 4.96. The maximum atomic E-state index is 13.1. The van der Waals surface area contributed by atoms with Crippen LogP contribution in [0.2, 0.25) is 0 Å². The smallest absolute Gasteiger partial charge is 0.243 e. The van der Waals surface area contributed by atoms with Crippen LogP contribution in [0.1, 0.15) is 56.6 Å². The molecule has 5 heteroatoms. The lowest BCUT2D eigenvalue weighted by Gasteiger charge is -2.36. The van der Waals surface area contributed by atoms with Gasteiger partial charge >= 0.3 is 0 Å². The molecule has 27 heavy (non-hydrogen) atoms. The van der Waals surface area contributed by atoms with E-state index in [4.69, 9.17) is 0 Å². The van der Waals surface area contributed by atoms with Gasteiger partial charge in [-0.1, -0.05) is 13.0 Å². The molecule has 0 radical (unpaired) electrons. The largest absolute Gasteiger partial charge is 0.303 e. The molecule has 2 heterocycles. The molecule has 4 nitrogen and oxygen atoms in total. The van der Waals surface area contributed by atoms with Gasteiger partial charge in [0.15, 0.2) is 0 Å². The maximum absolute atomic E-state index is 13.1. The number of likely N-dealkylation sites (tertiary alicyclic amines) is 1. The van der Waals surface area contributed by atoms with Crippen molar-refractivity contribution in [3.63, 3.8) is 0 Å². The number of aryl methyl sites for hydroxylation is 2. The molecule has 1 aliphatic carbocycles. The van der Waals surface area contributed by atoms with Crippen LogP contribution in [0.4, 0.5) is 0 Å². The Hall–Kier alpha value is -0.910. The second kappa shape index (κ2) is 8.22. The number of nitrogens with zero attached hydrogens (tertiary/aromatic N) is 2. The highest BCUT2D eigenvalue weighted by Gasteiger charge is 2.31. The van der Waals surface area contributed by atoms with Crippen molar-refractivity contribution >= 4 is 10.0 Å². The zero-order valence-electron chi connectivity index (χ0n) is 16.7. The number of piperidine rings is 2. The summed E-state index contributed by atoms with van der Waals surface area (Å²) in [6.07, 6.45) is 9.13. The predicted molar refractivity (Wildman–Crippen MR) is 109 cm³/mol. The van der Waals surface area contributed by atoms with Gasteiger partial charge in [0, 0.05) is 19.6 Å². The molecular formula is C22H34N2O2S. The number of rotatable bonds is 4. The first kappa shape index (κ1) is 19.4. The lowest BCUT2D eigenvalue weighted by molar-refractivity contribution is 0.142. The van der Waals surface area contributed by atoms with Crippen molar-refractivity contribution in [2.45, 2.75) is 63.2 Å². The maximum Gasteiger partial charge on any atom is 0.243 e. The van der Waals surface area contributed by atoms with E-state index in [1.54, 1.807) is 4.31 Å². The Labute approximate surface area is 165 Å². The highest BCUT2D eigenvalue weighted by atomic mass is 32.2. The summed E-state index contributed by atoms with van der Waals surface area (Å²) in [5, 5.41) is 0. The number of sulfonamides is 1. The molecule has 2 fully saturated rings. The Morgan fingerprint density at radius 2 is 1.59 bits per heavy atom. The molecule has 2 aliphatic heterocycles. The average Bonchev–Trinajstić information content (AvgIpc) is 2.70. The van der Waals surface area contributed by atoms with E-state index in [2.05, 4.69) is 11.8 Å². The lowest BCUT2D eigenvalue weighted by Crippen LogP contribution is -2.43. The lowest BCUT2D eigenvalue weighted by atomic mass is 9.92. The molecule has 150 valence electrons. The van der Waals surface area contributed by atoms with E-state index in [0.717, 1.165) is 38.1 Å². The van der Waals surface area contributed by atoms with Gasteiger partial charge in [0.1, 0.15) is 0 Å². The molecule has 0 bridgehead atoms. The van der Waals surface area contributed by atoms with Crippen molar-refractivity contribution in [1.29, 1.82) is 0 Å². The molecule has 0 aromatic heterocycles. The predicted octanol–water partition coefficient (Wildman–Crippen LogP) is 3.70. The highest BCUT2D eigenvalue weighted by Crippen LogP contribution is 2.29. The Morgan fingerprint density at radius 3 is 2.30 bits per heavy atom. The third kappa shape index (κ3) is 4.41. The molecule has 0 saturated carbocycles. The Morgan fingerprint density at radius 1 is 0.926 bits per heavy atom. The number of hydrogen-bond acceptors (Lipinski definition) is 3. The number of benzene rings is 1. The van der Waals surface area contributed by atoms with E-state index in [1.807, 2.05) is 18.2 Å². The Bertz CT molecular complexity index is 746. The van der Waals surface area contributed by atoms with E-state index in [-0.39, 0.29) is 0 Å². The third-order valence-corrected chi connectivity index (χ3v) is 8.82. The van der Waals surface area contributed by atoms with Crippen molar-refractivity contribution < 1.29 is 8.42 Å². The van der Waals surface area contributed by atoms with Crippen LogP contribution >= 0.6 is 0 Å². The first-order chi connectivity index (χ1) is 13.0. The van der Waals surface area contributed by atoms with Gasteiger partial charge in [-0.15, -0.1) is 0 Å². The molecule has 1 aromatic carbocycles. The minimum absolute atomic E-state index is 0.506. The molecule has 4 rings (SSSR count). The van der Waals surface area contributed by atoms with Gasteiger partial charge < -0.3 is 4.90 Å². The number of hydrogen-bond donors (Lipinski definition) is 0. The average molecular weight is 391 g/mol. The second-order valence-corrected chi connectivity index (χ2v) is 10.9. The summed E-state index contributed by atoms with van der Waals surface area (Å²) in [5.41, 5.74) is 2.59. The van der Waals surface area contributed by atoms with Gasteiger partial charge in [0.25, 0.3) is 0 Å². The molecular weight excluding hydrogens is 356 g/mol. The van der Waals surface area contributed by atoms with Crippen LogP contribution in [0.3, 0.4) is 0 Å². The summed E-state index contributed by atoms with van der Waals surface area (Å²) in [6, 6.07) is 5.83. The molecule has 0 spiro atoms. The third-order valence-electron chi connectivity index (χ3n) is 6.92. The van der Waals surface area contributed by atoms with Crippen LogP contribution in [0.15, 0.2) is 23.1 Å². The Balaban J connectivity index is 1.36. The van der Waals surface area contributed by atoms with Crippen LogP contribution in [0.5, 0.6) is 0 Å². The Kier molecular flexibility index (Phi) is 5.91. The first-order valence-corrected chi connectivity index (χ1v) is 12.3. The molecule has 3 aliphatic rings. The molecule has 0 unspecified atom stereocenters. The van der Waals surface area contributed by atoms with E-state index in [0.29, 0.717) is 23.9 Å². The molecule has 2 saturated heterocycles. The van der Waals surface area contributed by atoms with Gasteiger partial charge in [0.05, 0.1) is 4.90 Å². The van der Waals surface area contributed by atoms with Gasteiger partial charge in [-0.05, 0) is 99.6 Å². The van der Waals surface area contributed by atoms with Gasteiger partial charge in [-0.3, -0.25) is 0 Å². The molecule has 1 aromatic rings. The summed E-state index contributed by atoms with van der Waals surface area (Å²) < 4.78 is 28.0. The zero-order chi connectivity index (χ0) is 18.9. The first-order valence-electron chi connectivity index (χ1n) is 10.9. The minimum atomic E-state index is -3.34. The van der Waals surface area contributed by atoms with Crippen molar-refractivity contribution in [2.75, 3.05) is 32.7 Å². The van der Waals surface area contributed by atoms with Crippen molar-refractivity contribution in [3.05, 3.63) is 29.3 Å². The van der Waals surface area contributed by atoms with Crippen LogP contribution in [0, 0.1) is 11.8 Å². The molecule has 0 N–H and O–H groups in total. The van der Waals surface area contributed by atoms with Gasteiger partial charge in [-0.2, -0.15) is 4.31 Å². The summed E-state index contributed by atoms with van der Waals surface area (Å²) in [6.45, 7) is 7.28. The second-order valence-electron chi connectivity index (χ2n) is 8.97. The quantitative estimate of drug-likeness (QED) is 0.787. The van der Waals surface area contributed by atoms with Crippen LogP contribution in [-0.2, 0) is 22.9 Å². The summed E-state index contributed by atoms with van der Waals surface area (Å²) in [7, 11) is -3.34. The van der Waals surface area contributed by atoms with Crippen LogP contribution in [-0.4, -0.2) is 50.3 Å². The zero-order valence-corrected chi connectivity index (χ0v) is 17.5. The minimum Gasteiger partial charge on any atom is -0.303 e. The van der Waals surface area contributed by atoms with Crippen LogP contribution in [0.25, 0.3) is 0 Å². The van der Waals surface area contributed by atoms with E-state index in [9.17, 15) is 8.42 Å². The van der Waals surface area contributed by atoms with E-state index >= 15 is 0 Å². The van der Waals surface area contributed by atoms with Crippen molar-refractivity contribution in [1.82, 2.24) is 9.21 Å². The topological polar surface area (TPSA) is 40.6 Å². The highest BCUT2D eigenvalue weighted by molar-refractivity contribution is 7.89. The normalized spacial score (nSPS) is 24.0. The molecule has 0 atom stereocenters. The fourth-order valence-corrected chi connectivity index (χ4v) is 6.48. The van der Waals surface area contributed by atoms with E-state index in [1.165, 1.54) is 49.9 Å². The number of fused-ring (bicyclic) bond motifs is 1. The SMILES string of the molecule is CC1CCN(CC2CCN(S(=O)(=O)c3ccc4c(c3)CCCC4)CC2)CC1. The monoisotopic (exact) mass is 390 g/mol. The summed E-state index contributed by atoms with van der Waals surface area (Å²) >= 11 is 0. The molecule has 0 amide bonds. The fraction of sp³-hybridized carbons (Fsp3) is 0.727.